The Hall–Kier alpha value is -2.52. The maximum absolute atomic E-state index is 13.5. The summed E-state index contributed by atoms with van der Waals surface area (Å²) in [7, 11) is -2.20. The van der Waals surface area contributed by atoms with Gasteiger partial charge in [-0.1, -0.05) is 20.8 Å². The predicted octanol–water partition coefficient (Wildman–Crippen LogP) is 2.72. The third-order valence-corrected chi connectivity index (χ3v) is 7.25. The Kier molecular flexibility index (Phi) is 5.88. The molecule has 8 nitrogen and oxygen atoms in total. The second-order valence-corrected chi connectivity index (χ2v) is 10.4. The van der Waals surface area contributed by atoms with E-state index in [2.05, 4.69) is 9.97 Å². The van der Waals surface area contributed by atoms with Crippen molar-refractivity contribution in [2.24, 2.45) is 5.73 Å². The van der Waals surface area contributed by atoms with Crippen molar-refractivity contribution < 1.29 is 17.9 Å². The molecule has 0 spiro atoms. The summed E-state index contributed by atoms with van der Waals surface area (Å²) in [5.74, 6) is 0.423. The number of rotatable bonds is 5. The normalized spacial score (nSPS) is 17.8. The fourth-order valence-electron chi connectivity index (χ4n) is 3.74. The molecule has 2 aromatic rings. The summed E-state index contributed by atoms with van der Waals surface area (Å²) in [4.78, 5) is 20.3. The van der Waals surface area contributed by atoms with Crippen molar-refractivity contribution >= 4 is 15.9 Å². The van der Waals surface area contributed by atoms with Crippen LogP contribution in [0.5, 0.6) is 5.75 Å². The lowest BCUT2D eigenvalue weighted by Crippen LogP contribution is -2.32. The van der Waals surface area contributed by atoms with Crippen molar-refractivity contribution in [3.63, 3.8) is 0 Å². The number of amides is 1. The second-order valence-electron chi connectivity index (χ2n) is 8.48. The summed E-state index contributed by atoms with van der Waals surface area (Å²) in [5, 5.41) is 0. The zero-order valence-electron chi connectivity index (χ0n) is 18.0. The molecule has 1 saturated heterocycles. The quantitative estimate of drug-likeness (QED) is 0.777. The minimum atomic E-state index is -3.78. The van der Waals surface area contributed by atoms with Gasteiger partial charge in [0.1, 0.15) is 11.6 Å². The van der Waals surface area contributed by atoms with Gasteiger partial charge in [-0.15, -0.1) is 0 Å². The Bertz CT molecular complexity index is 1080. The molecule has 1 unspecified atom stereocenters. The lowest BCUT2D eigenvalue weighted by atomic mass is 9.86. The number of nitrogens with two attached hydrogens (primary N) is 1. The van der Waals surface area contributed by atoms with Gasteiger partial charge in [-0.05, 0) is 43.4 Å². The van der Waals surface area contributed by atoms with Crippen LogP contribution in [0.2, 0.25) is 0 Å². The van der Waals surface area contributed by atoms with Crippen LogP contribution in [-0.2, 0) is 15.4 Å². The van der Waals surface area contributed by atoms with E-state index in [9.17, 15) is 13.2 Å². The van der Waals surface area contributed by atoms with E-state index in [1.807, 2.05) is 20.8 Å². The van der Waals surface area contributed by atoms with Crippen LogP contribution < -0.4 is 10.5 Å². The molecule has 3 rings (SSSR count). The molecular weight excluding hydrogens is 404 g/mol. The summed E-state index contributed by atoms with van der Waals surface area (Å²) < 4.78 is 33.9. The summed E-state index contributed by atoms with van der Waals surface area (Å²) in [5.41, 5.74) is 6.54. The lowest BCUT2D eigenvalue weighted by molar-refractivity contribution is 0.0998. The highest BCUT2D eigenvalue weighted by atomic mass is 32.2. The number of nitrogens with zero attached hydrogens (tertiary/aromatic N) is 3. The van der Waals surface area contributed by atoms with Gasteiger partial charge in [-0.2, -0.15) is 4.31 Å². The van der Waals surface area contributed by atoms with E-state index in [4.69, 9.17) is 10.5 Å². The molecule has 1 aliphatic rings. The van der Waals surface area contributed by atoms with Gasteiger partial charge in [0, 0.05) is 18.3 Å². The first-order valence-electron chi connectivity index (χ1n) is 9.80. The van der Waals surface area contributed by atoms with Gasteiger partial charge in [-0.25, -0.2) is 18.4 Å². The van der Waals surface area contributed by atoms with E-state index < -0.39 is 22.0 Å². The number of primary amides is 1. The molecule has 0 aliphatic carbocycles. The molecule has 1 atom stereocenters. The molecule has 1 amide bonds. The first-order chi connectivity index (χ1) is 14.0. The number of hydrogen-bond acceptors (Lipinski definition) is 6. The molecule has 0 saturated carbocycles. The van der Waals surface area contributed by atoms with Crippen molar-refractivity contribution in [2.45, 2.75) is 56.9 Å². The summed E-state index contributed by atoms with van der Waals surface area (Å²) in [6, 6.07) is 4.46. The minimum absolute atomic E-state index is 0.214. The second kappa shape index (κ2) is 7.96. The third kappa shape index (κ3) is 4.04. The van der Waals surface area contributed by atoms with Crippen LogP contribution in [-0.4, -0.2) is 42.3 Å². The molecule has 30 heavy (non-hydrogen) atoms. The summed E-state index contributed by atoms with van der Waals surface area (Å²) >= 11 is 0. The van der Waals surface area contributed by atoms with Gasteiger partial charge < -0.3 is 10.5 Å². The number of carbonyl (C=O) groups excluding carboxylic acids is 1. The van der Waals surface area contributed by atoms with Crippen molar-refractivity contribution in [1.29, 1.82) is 0 Å². The number of benzene rings is 1. The molecule has 0 bridgehead atoms. The van der Waals surface area contributed by atoms with Crippen LogP contribution in [0.3, 0.4) is 0 Å². The molecule has 0 radical (unpaired) electrons. The molecule has 9 heteroatoms. The standard InChI is InChI=1S/C21H28N4O4S/c1-13-15(19(22)26)12-23-20(24-13)17-7-6-10-25(17)30(27,28)14-8-9-18(29-5)16(11-14)21(2,3)4/h8-9,11-12,17H,6-7,10H2,1-5H3,(H2,22,26). The lowest BCUT2D eigenvalue weighted by Gasteiger charge is -2.26. The topological polar surface area (TPSA) is 115 Å². The number of sulfonamides is 1. The summed E-state index contributed by atoms with van der Waals surface area (Å²) in [6.07, 6.45) is 2.68. The van der Waals surface area contributed by atoms with Crippen LogP contribution >= 0.6 is 0 Å². The molecule has 162 valence electrons. The zero-order valence-corrected chi connectivity index (χ0v) is 18.8. The highest BCUT2D eigenvalue weighted by Crippen LogP contribution is 2.38. The fraction of sp³-hybridized carbons (Fsp3) is 0.476. The third-order valence-electron chi connectivity index (χ3n) is 5.35. The van der Waals surface area contributed by atoms with Crippen molar-refractivity contribution in [3.05, 3.63) is 47.0 Å². The Labute approximate surface area is 177 Å². The first kappa shape index (κ1) is 22.2. The number of aryl methyl sites for hydroxylation is 1. The van der Waals surface area contributed by atoms with Crippen LogP contribution in [0, 0.1) is 6.92 Å². The van der Waals surface area contributed by atoms with E-state index in [0.717, 1.165) is 5.56 Å². The smallest absolute Gasteiger partial charge is 0.252 e. The molecular formula is C21H28N4O4S. The van der Waals surface area contributed by atoms with E-state index in [0.29, 0.717) is 36.7 Å². The highest BCUT2D eigenvalue weighted by Gasteiger charge is 2.38. The maximum atomic E-state index is 13.5. The number of ether oxygens (including phenoxy) is 1. The van der Waals surface area contributed by atoms with Crippen LogP contribution in [0.15, 0.2) is 29.3 Å². The van der Waals surface area contributed by atoms with Crippen LogP contribution in [0.4, 0.5) is 0 Å². The van der Waals surface area contributed by atoms with E-state index >= 15 is 0 Å². The molecule has 1 aliphatic heterocycles. The van der Waals surface area contributed by atoms with Gasteiger partial charge >= 0.3 is 0 Å². The Balaban J connectivity index is 2.02. The molecule has 1 fully saturated rings. The number of hydrogen-bond donors (Lipinski definition) is 1. The van der Waals surface area contributed by atoms with Gasteiger partial charge in [0.2, 0.25) is 10.0 Å². The zero-order chi connectivity index (χ0) is 22.3. The Morgan fingerprint density at radius 2 is 2.00 bits per heavy atom. The SMILES string of the molecule is COc1ccc(S(=O)(=O)N2CCCC2c2ncc(C(N)=O)c(C)n2)cc1C(C)(C)C. The van der Waals surface area contributed by atoms with Gasteiger partial charge in [0.25, 0.3) is 5.91 Å². The van der Waals surface area contributed by atoms with Gasteiger partial charge in [-0.3, -0.25) is 4.79 Å². The molecule has 1 aromatic carbocycles. The van der Waals surface area contributed by atoms with Crippen molar-refractivity contribution in [3.8, 4) is 5.75 Å². The predicted molar refractivity (Wildman–Crippen MR) is 113 cm³/mol. The highest BCUT2D eigenvalue weighted by molar-refractivity contribution is 7.89. The van der Waals surface area contributed by atoms with Crippen molar-refractivity contribution in [2.75, 3.05) is 13.7 Å². The number of carbonyl (C=O) groups is 1. The Morgan fingerprint density at radius 1 is 1.30 bits per heavy atom. The average Bonchev–Trinajstić information content (AvgIpc) is 3.17. The molecule has 1 aromatic heterocycles. The molecule has 2 heterocycles. The van der Waals surface area contributed by atoms with Gasteiger partial charge in [0.15, 0.2) is 0 Å². The number of methoxy groups -OCH3 is 1. The maximum Gasteiger partial charge on any atom is 0.252 e. The van der Waals surface area contributed by atoms with E-state index in [-0.39, 0.29) is 15.9 Å². The van der Waals surface area contributed by atoms with Crippen LogP contribution in [0.25, 0.3) is 0 Å². The number of aromatic nitrogens is 2. The van der Waals surface area contributed by atoms with E-state index in [1.165, 1.54) is 10.5 Å². The largest absolute Gasteiger partial charge is 0.496 e. The minimum Gasteiger partial charge on any atom is -0.496 e. The average molecular weight is 433 g/mol. The summed E-state index contributed by atoms with van der Waals surface area (Å²) in [6.45, 7) is 8.08. The van der Waals surface area contributed by atoms with Gasteiger partial charge in [0.05, 0.1) is 29.3 Å². The van der Waals surface area contributed by atoms with E-state index in [1.54, 1.807) is 32.2 Å². The fourth-order valence-corrected chi connectivity index (χ4v) is 5.42. The Morgan fingerprint density at radius 3 is 2.57 bits per heavy atom. The monoisotopic (exact) mass is 432 g/mol. The first-order valence-corrected chi connectivity index (χ1v) is 11.2. The van der Waals surface area contributed by atoms with Crippen LogP contribution in [0.1, 0.15) is 67.1 Å². The molecule has 2 N–H and O–H groups in total. The van der Waals surface area contributed by atoms with Crippen molar-refractivity contribution in [1.82, 2.24) is 14.3 Å².